The summed E-state index contributed by atoms with van der Waals surface area (Å²) < 4.78 is 91.8. The molecule has 1 aliphatic heterocycles. The van der Waals surface area contributed by atoms with Crippen LogP contribution in [0.1, 0.15) is 48.9 Å². The van der Waals surface area contributed by atoms with Crippen molar-refractivity contribution in [3.8, 4) is 5.88 Å². The van der Waals surface area contributed by atoms with E-state index in [9.17, 15) is 33.4 Å². The number of anilines is 2. The molecule has 6 aliphatic rings. The molecular formula is C29H34F6N6O4S. The minimum Gasteiger partial charge on any atom is -0.480 e. The number of nitrogens with one attached hydrogen (secondary N) is 3. The van der Waals surface area contributed by atoms with Crippen LogP contribution in [-0.4, -0.2) is 77.2 Å². The summed E-state index contributed by atoms with van der Waals surface area (Å²) in [6.07, 6.45) is 5.89. The highest BCUT2D eigenvalue weighted by Crippen LogP contribution is 3.02. The van der Waals surface area contributed by atoms with Crippen molar-refractivity contribution in [1.82, 2.24) is 20.2 Å². The van der Waals surface area contributed by atoms with Crippen molar-refractivity contribution >= 4 is 33.5 Å². The summed E-state index contributed by atoms with van der Waals surface area (Å²) in [5.74, 6) is -4.33. The average Bonchev–Trinajstić information content (AvgIpc) is 3.56. The van der Waals surface area contributed by atoms with Crippen molar-refractivity contribution in [2.75, 3.05) is 44.0 Å². The van der Waals surface area contributed by atoms with Gasteiger partial charge < -0.3 is 25.4 Å². The lowest BCUT2D eigenvalue weighted by Gasteiger charge is -2.74. The number of halogens is 6. The van der Waals surface area contributed by atoms with Crippen LogP contribution in [0.25, 0.3) is 0 Å². The molecule has 46 heavy (non-hydrogen) atoms. The van der Waals surface area contributed by atoms with Crippen molar-refractivity contribution in [2.45, 2.75) is 60.5 Å². The lowest BCUT2D eigenvalue weighted by Crippen LogP contribution is -2.82. The number of carbonyl (C=O) groups is 2. The second-order valence-electron chi connectivity index (χ2n) is 13.3. The van der Waals surface area contributed by atoms with Crippen LogP contribution in [0.2, 0.25) is 0 Å². The van der Waals surface area contributed by atoms with Gasteiger partial charge >= 0.3 is 10.2 Å². The molecule has 2 heterocycles. The number of amides is 2. The number of carbonyl (C=O) groups excluding carboxylic acids is 2. The predicted octanol–water partition coefficient (Wildman–Crippen LogP) is 5.48. The molecule has 8 rings (SSSR count). The zero-order chi connectivity index (χ0) is 32.8. The summed E-state index contributed by atoms with van der Waals surface area (Å²) in [5, 5.41) is 8.64. The number of rotatable bonds is 9. The van der Waals surface area contributed by atoms with Gasteiger partial charge in [-0.25, -0.2) is 14.4 Å². The number of hydrogen-bond acceptors (Lipinski definition) is 8. The van der Waals surface area contributed by atoms with Gasteiger partial charge in [-0.2, -0.15) is 0 Å². The maximum Gasteiger partial charge on any atom is 0.313 e. The predicted molar refractivity (Wildman–Crippen MR) is 156 cm³/mol. The molecule has 4 bridgehead atoms. The van der Waals surface area contributed by atoms with E-state index in [0.717, 1.165) is 38.4 Å². The summed E-state index contributed by atoms with van der Waals surface area (Å²) in [7, 11) is -8.99. The molecule has 252 valence electrons. The highest BCUT2D eigenvalue weighted by molar-refractivity contribution is 8.45. The van der Waals surface area contributed by atoms with Gasteiger partial charge in [0.15, 0.2) is 0 Å². The van der Waals surface area contributed by atoms with E-state index in [2.05, 4.69) is 30.8 Å². The van der Waals surface area contributed by atoms with Crippen LogP contribution in [0.4, 0.5) is 35.3 Å². The Bertz CT molecular complexity index is 1590. The van der Waals surface area contributed by atoms with Crippen LogP contribution in [0, 0.1) is 23.6 Å². The first kappa shape index (κ1) is 31.3. The van der Waals surface area contributed by atoms with E-state index in [4.69, 9.17) is 9.47 Å². The number of nitrogens with zero attached hydrogens (tertiary/aromatic N) is 3. The quantitative estimate of drug-likeness (QED) is 0.299. The number of aromatic nitrogens is 2. The largest absolute Gasteiger partial charge is 0.480 e. The molecule has 10 nitrogen and oxygen atoms in total. The van der Waals surface area contributed by atoms with Gasteiger partial charge in [0.2, 0.25) is 11.8 Å². The van der Waals surface area contributed by atoms with Gasteiger partial charge in [-0.3, -0.25) is 14.5 Å². The topological polar surface area (TPSA) is 118 Å². The number of methoxy groups -OCH3 is 1. The summed E-state index contributed by atoms with van der Waals surface area (Å²) in [6, 6.07) is 0.236. The van der Waals surface area contributed by atoms with Gasteiger partial charge in [0.05, 0.1) is 26.2 Å². The number of fused-ring (bicyclic) bond motifs is 2. The summed E-state index contributed by atoms with van der Waals surface area (Å²) in [5.41, 5.74) is -0.676. The third kappa shape index (κ3) is 5.33. The van der Waals surface area contributed by atoms with Crippen molar-refractivity contribution < 1.29 is 42.9 Å². The normalized spacial score (nSPS) is 33.2. The Morgan fingerprint density at radius 3 is 2.41 bits per heavy atom. The van der Waals surface area contributed by atoms with Gasteiger partial charge in [0.25, 0.3) is 5.91 Å². The molecule has 3 N–H and O–H groups in total. The molecule has 5 aliphatic carbocycles. The first-order valence-corrected chi connectivity index (χ1v) is 17.1. The van der Waals surface area contributed by atoms with E-state index in [1.165, 1.54) is 13.4 Å². The Morgan fingerprint density at radius 1 is 1.04 bits per heavy atom. The fourth-order valence-corrected chi connectivity index (χ4v) is 9.30. The SMILES string of the molecule is COc1ncnc(NC23CC(N4CCOCC4)(C2)C3)c1C(=O)N[C@@H]1[C@H]2CC[C@H](C2)[C@@H]1C(=O)Nc1ccc(F)c(S(F)(F)(F)(F)F)c1. The van der Waals surface area contributed by atoms with Gasteiger partial charge in [-0.15, -0.1) is 0 Å². The van der Waals surface area contributed by atoms with Crippen LogP contribution in [-0.2, 0) is 9.53 Å². The maximum atomic E-state index is 13.9. The standard InChI is InChI=1S/C29H34F6N6O4S/c1-44-27-22(24(36-15-37-27)40-28-12-29(13-28,14-28)41-6-8-45-9-7-41)26(43)39-23-17-3-2-16(10-17)21(23)25(42)38-18-4-5-19(30)20(11-18)46(31,32,33,34)35/h4-5,11,15-17,21,23H,2-3,6-10,12-14H2,1H3,(H,38,42)(H,39,43)(H,36,37,40)/t16-,17+,21+,23-,28?,29?/m1/s1. The van der Waals surface area contributed by atoms with Crippen LogP contribution in [0.15, 0.2) is 29.4 Å². The maximum absolute atomic E-state index is 13.9. The summed E-state index contributed by atoms with van der Waals surface area (Å²) >= 11 is 0. The molecule has 6 fully saturated rings. The molecule has 17 heteroatoms. The van der Waals surface area contributed by atoms with E-state index in [0.29, 0.717) is 38.3 Å². The number of morpholine rings is 1. The molecule has 2 aromatic rings. The summed E-state index contributed by atoms with van der Waals surface area (Å²) in [6.45, 7) is 3.16. The molecule has 0 unspecified atom stereocenters. The smallest absolute Gasteiger partial charge is 0.313 e. The molecule has 0 spiro atoms. The van der Waals surface area contributed by atoms with Crippen molar-refractivity contribution in [3.63, 3.8) is 0 Å². The highest BCUT2D eigenvalue weighted by atomic mass is 32.5. The van der Waals surface area contributed by atoms with Gasteiger partial charge in [-0.1, -0.05) is 19.4 Å². The zero-order valence-electron chi connectivity index (χ0n) is 24.8. The van der Waals surface area contributed by atoms with Crippen molar-refractivity contribution in [2.24, 2.45) is 17.8 Å². The lowest BCUT2D eigenvalue weighted by atomic mass is 9.43. The van der Waals surface area contributed by atoms with E-state index in [1.807, 2.05) is 0 Å². The number of ether oxygens (including phenoxy) is 2. The first-order chi connectivity index (χ1) is 21.5. The van der Waals surface area contributed by atoms with E-state index in [-0.39, 0.29) is 46.5 Å². The first-order valence-electron chi connectivity index (χ1n) is 15.2. The number of benzene rings is 1. The fraction of sp³-hybridized carbons (Fsp3) is 0.586. The monoisotopic (exact) mass is 676 g/mol. The van der Waals surface area contributed by atoms with E-state index >= 15 is 0 Å². The Balaban J connectivity index is 1.08. The molecule has 0 radical (unpaired) electrons. The molecule has 4 atom stereocenters. The van der Waals surface area contributed by atoms with Crippen molar-refractivity contribution in [1.29, 1.82) is 0 Å². The second-order valence-corrected chi connectivity index (χ2v) is 15.7. The number of hydrogen-bond donors (Lipinski definition) is 3. The van der Waals surface area contributed by atoms with Gasteiger partial charge in [0, 0.05) is 35.9 Å². The molecule has 2 amide bonds. The molecule has 5 saturated carbocycles. The van der Waals surface area contributed by atoms with Gasteiger partial charge in [-0.05, 0) is 68.6 Å². The third-order valence-corrected chi connectivity index (χ3v) is 11.6. The highest BCUT2D eigenvalue weighted by Gasteiger charge is 2.70. The second kappa shape index (κ2) is 9.86. The minimum atomic E-state index is -10.4. The fourth-order valence-electron chi connectivity index (χ4n) is 8.52. The molecule has 1 saturated heterocycles. The molecule has 1 aromatic heterocycles. The minimum absolute atomic E-state index is 0.0310. The van der Waals surface area contributed by atoms with Crippen LogP contribution < -0.4 is 20.7 Å². The molecular weight excluding hydrogens is 642 g/mol. The van der Waals surface area contributed by atoms with E-state index < -0.39 is 50.4 Å². The summed E-state index contributed by atoms with van der Waals surface area (Å²) in [4.78, 5) is 35.5. The average molecular weight is 677 g/mol. The molecule has 1 aromatic carbocycles. The Morgan fingerprint density at radius 2 is 1.74 bits per heavy atom. The van der Waals surface area contributed by atoms with Gasteiger partial charge in [0.1, 0.15) is 28.4 Å². The lowest BCUT2D eigenvalue weighted by molar-refractivity contribution is -0.172. The Hall–Kier alpha value is -3.31. The zero-order valence-corrected chi connectivity index (χ0v) is 25.7. The Labute approximate surface area is 260 Å². The van der Waals surface area contributed by atoms with Crippen LogP contribution >= 0.6 is 10.2 Å². The third-order valence-electron chi connectivity index (χ3n) is 10.4. The Kier molecular flexibility index (Phi) is 6.71. The van der Waals surface area contributed by atoms with Crippen LogP contribution in [0.5, 0.6) is 5.88 Å². The van der Waals surface area contributed by atoms with Crippen LogP contribution in [0.3, 0.4) is 0 Å². The van der Waals surface area contributed by atoms with E-state index in [1.54, 1.807) is 0 Å². The van der Waals surface area contributed by atoms with Crippen molar-refractivity contribution in [3.05, 3.63) is 35.9 Å².